The molecule has 5 N–H and O–H groups in total. The number of halogens is 4. The van der Waals surface area contributed by atoms with Crippen LogP contribution in [-0.4, -0.2) is 23.2 Å². The van der Waals surface area contributed by atoms with Crippen LogP contribution in [0.15, 0.2) is 77.8 Å². The minimum atomic E-state index is -4.49. The van der Waals surface area contributed by atoms with Gasteiger partial charge in [0.15, 0.2) is 0 Å². The Bertz CT molecular complexity index is 1350. The molecular formula is C25H21F4N7. The molecule has 11 heteroatoms. The number of nitrogens with one attached hydrogen (secondary N) is 3. The number of benzene rings is 2. The zero-order valence-electron chi connectivity index (χ0n) is 19.0. The van der Waals surface area contributed by atoms with Gasteiger partial charge in [-0.05, 0) is 35.9 Å². The van der Waals surface area contributed by atoms with Crippen LogP contribution in [0.2, 0.25) is 0 Å². The third-order valence-electron chi connectivity index (χ3n) is 4.70. The summed E-state index contributed by atoms with van der Waals surface area (Å²) in [6.07, 6.45) is 4.89. The maximum atomic E-state index is 14.7. The Morgan fingerprint density at radius 2 is 1.89 bits per heavy atom. The minimum absolute atomic E-state index is 0.0207. The van der Waals surface area contributed by atoms with E-state index in [-0.39, 0.29) is 23.2 Å². The number of hydrogen-bond donors (Lipinski definition) is 4. The van der Waals surface area contributed by atoms with Crippen molar-refractivity contribution in [3.63, 3.8) is 0 Å². The lowest BCUT2D eigenvalue weighted by Crippen LogP contribution is -2.09. The van der Waals surface area contributed by atoms with Crippen molar-refractivity contribution in [3.05, 3.63) is 84.2 Å². The number of aromatic nitrogens is 2. The van der Waals surface area contributed by atoms with E-state index >= 15 is 0 Å². The first kappa shape index (κ1) is 25.8. The van der Waals surface area contributed by atoms with E-state index in [0.717, 1.165) is 12.1 Å². The predicted molar refractivity (Wildman–Crippen MR) is 134 cm³/mol. The number of anilines is 4. The van der Waals surface area contributed by atoms with Gasteiger partial charge in [0.05, 0.1) is 22.6 Å². The molecule has 0 aliphatic carbocycles. The van der Waals surface area contributed by atoms with Crippen LogP contribution in [0.1, 0.15) is 5.56 Å². The van der Waals surface area contributed by atoms with E-state index in [1.165, 1.54) is 48.9 Å². The maximum Gasteiger partial charge on any atom is 0.416 e. The molecule has 0 atom stereocenters. The second-order valence-electron chi connectivity index (χ2n) is 7.23. The van der Waals surface area contributed by atoms with Crippen LogP contribution in [0.3, 0.4) is 0 Å². The summed E-state index contributed by atoms with van der Waals surface area (Å²) in [6.45, 7) is 3.65. The van der Waals surface area contributed by atoms with E-state index in [4.69, 9.17) is 12.2 Å². The number of terminal acetylenes is 1. The molecule has 36 heavy (non-hydrogen) atoms. The molecule has 0 saturated carbocycles. The Kier molecular flexibility index (Phi) is 7.91. The normalized spacial score (nSPS) is 11.7. The first-order valence-corrected chi connectivity index (χ1v) is 10.3. The van der Waals surface area contributed by atoms with Crippen LogP contribution in [0, 0.1) is 18.2 Å². The van der Waals surface area contributed by atoms with Gasteiger partial charge in [0.25, 0.3) is 0 Å². The first-order chi connectivity index (χ1) is 17.1. The summed E-state index contributed by atoms with van der Waals surface area (Å²) >= 11 is 0. The Hall–Kier alpha value is -4.85. The van der Waals surface area contributed by atoms with Crippen molar-refractivity contribution >= 4 is 29.4 Å². The molecule has 0 fully saturated rings. The van der Waals surface area contributed by atoms with Gasteiger partial charge in [-0.25, -0.2) is 9.37 Å². The molecule has 0 aliphatic rings. The topological polar surface area (TPSA) is 100 Å². The third kappa shape index (κ3) is 6.38. The predicted octanol–water partition coefficient (Wildman–Crippen LogP) is 5.52. The molecule has 0 aliphatic heterocycles. The molecule has 0 radical (unpaired) electrons. The second kappa shape index (κ2) is 11.1. The lowest BCUT2D eigenvalue weighted by atomic mass is 10.1. The lowest BCUT2D eigenvalue weighted by Gasteiger charge is -2.15. The van der Waals surface area contributed by atoms with Crippen molar-refractivity contribution in [1.82, 2.24) is 9.97 Å². The number of rotatable bonds is 8. The van der Waals surface area contributed by atoms with Crippen LogP contribution in [0.5, 0.6) is 0 Å². The van der Waals surface area contributed by atoms with Crippen molar-refractivity contribution < 1.29 is 17.6 Å². The van der Waals surface area contributed by atoms with Crippen LogP contribution < -0.4 is 21.7 Å². The molecule has 7 nitrogen and oxygen atoms in total. The number of hydrogen-bond acceptors (Lipinski definition) is 7. The van der Waals surface area contributed by atoms with Crippen molar-refractivity contribution in [2.75, 3.05) is 23.0 Å². The maximum absolute atomic E-state index is 14.7. The number of allylic oxidation sites excluding steroid dienone is 2. The van der Waals surface area contributed by atoms with Gasteiger partial charge < -0.3 is 21.7 Å². The molecule has 0 amide bonds. The zero-order chi connectivity index (χ0) is 26.3. The number of aliphatic imine (C=N–C) groups is 1. The smallest absolute Gasteiger partial charge is 0.403 e. The zero-order valence-corrected chi connectivity index (χ0v) is 19.0. The fourth-order valence-electron chi connectivity index (χ4n) is 3.01. The standard InChI is InChI=1S/C25H21F4N7/c1-4-15(2)33-18-9-10-21(26)22(11-18)35-23-20(16-5-7-17(8-6-16)25(27,28)29)14-32-24(36-23)34-19(12-30)13-31-3/h1,5-14,33H,2,30H2,3H3,(H2,32,34,35,36). The van der Waals surface area contributed by atoms with Crippen LogP contribution in [0.25, 0.3) is 11.1 Å². The van der Waals surface area contributed by atoms with Gasteiger partial charge >= 0.3 is 6.18 Å². The van der Waals surface area contributed by atoms with E-state index in [2.05, 4.69) is 43.4 Å². The van der Waals surface area contributed by atoms with Crippen molar-refractivity contribution in [1.29, 1.82) is 0 Å². The molecule has 3 rings (SSSR count). The summed E-state index contributed by atoms with van der Waals surface area (Å²) in [4.78, 5) is 12.5. The summed E-state index contributed by atoms with van der Waals surface area (Å²) < 4.78 is 53.7. The molecule has 1 aromatic heterocycles. The Morgan fingerprint density at radius 1 is 1.17 bits per heavy atom. The number of alkyl halides is 3. The SMILES string of the molecule is C#CC(=C)Nc1ccc(F)c(Nc2nc(NC(C=NC)=CN)ncc2-c2ccc(C(F)(F)F)cc2)c1. The van der Waals surface area contributed by atoms with Gasteiger partial charge in [-0.15, -0.1) is 6.42 Å². The highest BCUT2D eigenvalue weighted by molar-refractivity contribution is 5.83. The lowest BCUT2D eigenvalue weighted by molar-refractivity contribution is -0.137. The quantitative estimate of drug-likeness (QED) is 0.187. The fraction of sp³-hybridized carbons (Fsp3) is 0.0800. The van der Waals surface area contributed by atoms with Crippen molar-refractivity contribution in [3.8, 4) is 23.5 Å². The third-order valence-corrected chi connectivity index (χ3v) is 4.70. The highest BCUT2D eigenvalue weighted by atomic mass is 19.4. The average molecular weight is 495 g/mol. The van der Waals surface area contributed by atoms with Gasteiger partial charge in [-0.3, -0.25) is 4.99 Å². The Labute approximate surface area is 204 Å². The molecule has 2 aromatic carbocycles. The largest absolute Gasteiger partial charge is 0.416 e. The summed E-state index contributed by atoms with van der Waals surface area (Å²) in [6, 6.07) is 8.55. The second-order valence-corrected chi connectivity index (χ2v) is 7.23. The van der Waals surface area contributed by atoms with Crippen LogP contribution >= 0.6 is 0 Å². The molecule has 3 aromatic rings. The molecule has 1 heterocycles. The fourth-order valence-corrected chi connectivity index (χ4v) is 3.01. The van der Waals surface area contributed by atoms with Crippen molar-refractivity contribution in [2.45, 2.75) is 6.18 Å². The van der Waals surface area contributed by atoms with Gasteiger partial charge in [0.2, 0.25) is 5.95 Å². The van der Waals surface area contributed by atoms with Crippen LogP contribution in [0.4, 0.5) is 40.7 Å². The minimum Gasteiger partial charge on any atom is -0.403 e. The monoisotopic (exact) mass is 495 g/mol. The highest BCUT2D eigenvalue weighted by Crippen LogP contribution is 2.34. The number of nitrogens with two attached hydrogens (primary N) is 1. The molecule has 184 valence electrons. The van der Waals surface area contributed by atoms with E-state index in [9.17, 15) is 17.6 Å². The summed E-state index contributed by atoms with van der Waals surface area (Å²) in [5, 5.41) is 8.59. The number of nitrogens with zero attached hydrogens (tertiary/aromatic N) is 3. The van der Waals surface area contributed by atoms with Crippen LogP contribution in [-0.2, 0) is 6.18 Å². The average Bonchev–Trinajstić information content (AvgIpc) is 2.85. The van der Waals surface area contributed by atoms with E-state index < -0.39 is 17.6 Å². The Morgan fingerprint density at radius 3 is 2.50 bits per heavy atom. The molecule has 0 unspecified atom stereocenters. The summed E-state index contributed by atoms with van der Waals surface area (Å²) in [5.41, 5.74) is 6.58. The summed E-state index contributed by atoms with van der Waals surface area (Å²) in [7, 11) is 1.55. The van der Waals surface area contributed by atoms with Gasteiger partial charge in [0.1, 0.15) is 11.6 Å². The first-order valence-electron chi connectivity index (χ1n) is 10.3. The van der Waals surface area contributed by atoms with E-state index in [1.54, 1.807) is 7.05 Å². The van der Waals surface area contributed by atoms with Crippen molar-refractivity contribution in [2.24, 2.45) is 10.7 Å². The highest BCUT2D eigenvalue weighted by Gasteiger charge is 2.30. The van der Waals surface area contributed by atoms with E-state index in [0.29, 0.717) is 22.5 Å². The molecule has 0 bridgehead atoms. The molecule has 0 spiro atoms. The van der Waals surface area contributed by atoms with Gasteiger partial charge in [-0.1, -0.05) is 24.6 Å². The molecule has 0 saturated heterocycles. The molecular weight excluding hydrogens is 474 g/mol. The Balaban J connectivity index is 2.06. The summed E-state index contributed by atoms with van der Waals surface area (Å²) in [5.74, 6) is 1.92. The van der Waals surface area contributed by atoms with Gasteiger partial charge in [0, 0.05) is 36.9 Å². The van der Waals surface area contributed by atoms with Gasteiger partial charge in [-0.2, -0.15) is 18.2 Å². The van der Waals surface area contributed by atoms with E-state index in [1.807, 2.05) is 0 Å².